The molecular formula is C31H34N4O8. The minimum Gasteiger partial charge on any atom is -0.454 e. The number of ether oxygens (including phenoxy) is 2. The summed E-state index contributed by atoms with van der Waals surface area (Å²) in [5.41, 5.74) is 3.55. The van der Waals surface area contributed by atoms with Gasteiger partial charge in [0, 0.05) is 13.0 Å². The number of carbonyl (C=O) groups is 6. The van der Waals surface area contributed by atoms with Crippen molar-refractivity contribution < 1.29 is 38.2 Å². The van der Waals surface area contributed by atoms with E-state index >= 15 is 0 Å². The highest BCUT2D eigenvalue weighted by atomic mass is 16.7. The number of hydrogen-bond donors (Lipinski definition) is 3. The minimum atomic E-state index is -1.36. The topological polar surface area (TPSA) is 160 Å². The van der Waals surface area contributed by atoms with Crippen molar-refractivity contribution in [3.63, 3.8) is 0 Å². The molecule has 2 aliphatic rings. The first kappa shape index (κ1) is 30.9. The summed E-state index contributed by atoms with van der Waals surface area (Å²) >= 11 is 0. The first-order chi connectivity index (χ1) is 20.5. The molecule has 2 aromatic carbocycles. The largest absolute Gasteiger partial charge is 0.454 e. The molecule has 1 fully saturated rings. The molecule has 2 aliphatic heterocycles. The SMILES string of the molecule is CC(=O)NN1C(=O)[C@@H](C(=O)[C@@H](NC(=O)C[C@H](NC(=O)/C=C/c2ccc3c(c2)OCO3)c2ccccc2)C(C)C)[C@H](C)C1=O. The van der Waals surface area contributed by atoms with Crippen LogP contribution in [0.1, 0.15) is 51.3 Å². The van der Waals surface area contributed by atoms with E-state index in [9.17, 15) is 28.8 Å². The second-order valence-corrected chi connectivity index (χ2v) is 10.8. The highest BCUT2D eigenvalue weighted by Gasteiger charge is 2.51. The lowest BCUT2D eigenvalue weighted by Crippen LogP contribution is -2.50. The molecule has 0 spiro atoms. The van der Waals surface area contributed by atoms with Gasteiger partial charge in [-0.1, -0.05) is 57.2 Å². The Balaban J connectivity index is 1.46. The van der Waals surface area contributed by atoms with E-state index in [4.69, 9.17) is 9.47 Å². The maximum absolute atomic E-state index is 13.5. The molecule has 0 unspecified atom stereocenters. The minimum absolute atomic E-state index is 0.136. The van der Waals surface area contributed by atoms with E-state index in [-0.39, 0.29) is 13.2 Å². The van der Waals surface area contributed by atoms with Crippen LogP contribution in [0.2, 0.25) is 0 Å². The summed E-state index contributed by atoms with van der Waals surface area (Å²) in [5.74, 6) is -5.39. The molecule has 12 heteroatoms. The van der Waals surface area contributed by atoms with Gasteiger partial charge in [-0.3, -0.25) is 34.2 Å². The van der Waals surface area contributed by atoms with Gasteiger partial charge in [-0.2, -0.15) is 5.01 Å². The predicted molar refractivity (Wildman–Crippen MR) is 154 cm³/mol. The van der Waals surface area contributed by atoms with Crippen molar-refractivity contribution in [2.75, 3.05) is 6.79 Å². The number of carbonyl (C=O) groups excluding carboxylic acids is 6. The molecule has 0 saturated carbocycles. The Morgan fingerprint density at radius 1 is 0.977 bits per heavy atom. The highest BCUT2D eigenvalue weighted by molar-refractivity contribution is 6.17. The monoisotopic (exact) mass is 590 g/mol. The Morgan fingerprint density at radius 3 is 2.35 bits per heavy atom. The molecule has 4 atom stereocenters. The van der Waals surface area contributed by atoms with E-state index in [2.05, 4.69) is 16.1 Å². The van der Waals surface area contributed by atoms with Crippen molar-refractivity contribution in [1.29, 1.82) is 0 Å². The van der Waals surface area contributed by atoms with Gasteiger partial charge in [0.25, 0.3) is 11.8 Å². The van der Waals surface area contributed by atoms with Crippen molar-refractivity contribution in [2.24, 2.45) is 17.8 Å². The molecule has 43 heavy (non-hydrogen) atoms. The molecule has 2 aromatic rings. The summed E-state index contributed by atoms with van der Waals surface area (Å²) in [6.07, 6.45) is 2.75. The van der Waals surface area contributed by atoms with Crippen LogP contribution in [-0.4, -0.2) is 53.2 Å². The van der Waals surface area contributed by atoms with Crippen LogP contribution in [0.5, 0.6) is 11.5 Å². The number of nitrogens with one attached hydrogen (secondary N) is 3. The van der Waals surface area contributed by atoms with Crippen molar-refractivity contribution in [3.05, 3.63) is 65.7 Å². The predicted octanol–water partition coefficient (Wildman–Crippen LogP) is 2.06. The van der Waals surface area contributed by atoms with Crippen LogP contribution in [0.3, 0.4) is 0 Å². The lowest BCUT2D eigenvalue weighted by Gasteiger charge is -2.26. The summed E-state index contributed by atoms with van der Waals surface area (Å²) in [4.78, 5) is 76.7. The number of ketones is 1. The molecule has 5 amide bonds. The number of benzene rings is 2. The third-order valence-corrected chi connectivity index (χ3v) is 7.19. The molecule has 226 valence electrons. The second-order valence-electron chi connectivity index (χ2n) is 10.8. The zero-order chi connectivity index (χ0) is 31.3. The fourth-order valence-electron chi connectivity index (χ4n) is 4.97. The molecule has 2 heterocycles. The van der Waals surface area contributed by atoms with E-state index in [1.807, 2.05) is 0 Å². The Morgan fingerprint density at radius 2 is 1.67 bits per heavy atom. The van der Waals surface area contributed by atoms with Gasteiger partial charge in [-0.15, -0.1) is 0 Å². The van der Waals surface area contributed by atoms with Crippen LogP contribution in [0, 0.1) is 17.8 Å². The van der Waals surface area contributed by atoms with Crippen molar-refractivity contribution in [3.8, 4) is 11.5 Å². The number of rotatable bonds is 11. The maximum Gasteiger partial charge on any atom is 0.259 e. The Bertz CT molecular complexity index is 1450. The van der Waals surface area contributed by atoms with Crippen LogP contribution >= 0.6 is 0 Å². The van der Waals surface area contributed by atoms with Gasteiger partial charge in [-0.05, 0) is 35.3 Å². The standard InChI is InChI=1S/C31H34N4O8/c1-17(2)28(29(39)27-18(3)30(40)35(31(27)41)34-19(4)36)33-26(38)15-22(21-8-6-5-7-9-21)32-25(37)13-11-20-10-12-23-24(14-20)43-16-42-23/h5-14,17-18,22,27-28H,15-16H2,1-4H3,(H,32,37)(H,33,38)(H,34,36)/b13-11+/t18-,22-,27+,28-/m0/s1. The molecule has 0 bridgehead atoms. The average Bonchev–Trinajstić information content (AvgIpc) is 3.52. The molecule has 4 rings (SSSR count). The van der Waals surface area contributed by atoms with Gasteiger partial charge < -0.3 is 20.1 Å². The summed E-state index contributed by atoms with van der Waals surface area (Å²) in [7, 11) is 0. The van der Waals surface area contributed by atoms with Crippen LogP contribution in [0.4, 0.5) is 0 Å². The number of nitrogens with zero attached hydrogens (tertiary/aromatic N) is 1. The Kier molecular flexibility index (Phi) is 9.59. The zero-order valence-electron chi connectivity index (χ0n) is 24.3. The van der Waals surface area contributed by atoms with Gasteiger partial charge in [0.15, 0.2) is 17.3 Å². The number of hydrogen-bond acceptors (Lipinski definition) is 8. The zero-order valence-corrected chi connectivity index (χ0v) is 24.3. The highest BCUT2D eigenvalue weighted by Crippen LogP contribution is 2.33. The number of Topliss-reactive ketones (excluding diaryl/α,β-unsaturated/α-hetero) is 1. The van der Waals surface area contributed by atoms with E-state index in [0.717, 1.165) is 12.5 Å². The van der Waals surface area contributed by atoms with Crippen LogP contribution in [0.15, 0.2) is 54.6 Å². The number of fused-ring (bicyclic) bond motifs is 1. The van der Waals surface area contributed by atoms with Gasteiger partial charge in [-0.25, -0.2) is 0 Å². The fourth-order valence-corrected chi connectivity index (χ4v) is 4.97. The van der Waals surface area contributed by atoms with Gasteiger partial charge in [0.05, 0.1) is 24.4 Å². The number of imide groups is 1. The third-order valence-electron chi connectivity index (χ3n) is 7.19. The molecule has 0 aliphatic carbocycles. The molecule has 12 nitrogen and oxygen atoms in total. The molecule has 1 saturated heterocycles. The Hall–Kier alpha value is -5.00. The summed E-state index contributed by atoms with van der Waals surface area (Å²) in [5, 5.41) is 6.11. The van der Waals surface area contributed by atoms with Crippen LogP contribution in [-0.2, 0) is 28.8 Å². The summed E-state index contributed by atoms with van der Waals surface area (Å²) < 4.78 is 10.7. The first-order valence-electron chi connectivity index (χ1n) is 13.9. The second kappa shape index (κ2) is 13.3. The quantitative estimate of drug-likeness (QED) is 0.204. The Labute approximate surface area is 248 Å². The third kappa shape index (κ3) is 7.26. The van der Waals surface area contributed by atoms with E-state index in [0.29, 0.717) is 22.1 Å². The lowest BCUT2D eigenvalue weighted by atomic mass is 9.85. The fraction of sp³-hybridized carbons (Fsp3) is 0.355. The summed E-state index contributed by atoms with van der Waals surface area (Å²) in [6, 6.07) is 12.3. The molecule has 3 N–H and O–H groups in total. The number of hydrazine groups is 1. The van der Waals surface area contributed by atoms with Crippen molar-refractivity contribution in [2.45, 2.75) is 46.2 Å². The van der Waals surface area contributed by atoms with E-state index < -0.39 is 65.2 Å². The number of amides is 5. The van der Waals surface area contributed by atoms with E-state index in [1.165, 1.54) is 13.0 Å². The van der Waals surface area contributed by atoms with Gasteiger partial charge in [0.2, 0.25) is 24.5 Å². The molecule has 0 radical (unpaired) electrons. The van der Waals surface area contributed by atoms with Gasteiger partial charge >= 0.3 is 0 Å². The maximum atomic E-state index is 13.5. The van der Waals surface area contributed by atoms with Gasteiger partial charge in [0.1, 0.15) is 5.92 Å². The lowest BCUT2D eigenvalue weighted by molar-refractivity contribution is -0.149. The smallest absolute Gasteiger partial charge is 0.259 e. The first-order valence-corrected chi connectivity index (χ1v) is 13.9. The van der Waals surface area contributed by atoms with Crippen molar-refractivity contribution >= 4 is 41.4 Å². The summed E-state index contributed by atoms with van der Waals surface area (Å²) in [6.45, 7) is 6.13. The average molecular weight is 591 g/mol. The molecule has 0 aromatic heterocycles. The van der Waals surface area contributed by atoms with Crippen molar-refractivity contribution in [1.82, 2.24) is 21.1 Å². The van der Waals surface area contributed by atoms with Crippen LogP contribution < -0.4 is 25.5 Å². The van der Waals surface area contributed by atoms with E-state index in [1.54, 1.807) is 68.5 Å². The van der Waals surface area contributed by atoms with Crippen LogP contribution in [0.25, 0.3) is 6.08 Å². The molecular weight excluding hydrogens is 556 g/mol. The normalized spacial score (nSPS) is 19.0.